The SMILES string of the molecule is CC(CO)N(C)C(C)(C)C=O. The van der Waals surface area contributed by atoms with Crippen LogP contribution >= 0.6 is 0 Å². The molecule has 0 fully saturated rings. The molecule has 0 spiro atoms. The Labute approximate surface area is 68.0 Å². The van der Waals surface area contributed by atoms with Crippen molar-refractivity contribution in [3.8, 4) is 0 Å². The van der Waals surface area contributed by atoms with Gasteiger partial charge in [0.2, 0.25) is 0 Å². The van der Waals surface area contributed by atoms with Crippen molar-refractivity contribution >= 4 is 6.29 Å². The summed E-state index contributed by atoms with van der Waals surface area (Å²) in [6.07, 6.45) is 0.888. The van der Waals surface area contributed by atoms with Gasteiger partial charge in [0.05, 0.1) is 12.1 Å². The Balaban J connectivity index is 4.21. The van der Waals surface area contributed by atoms with Crippen LogP contribution in [0.3, 0.4) is 0 Å². The van der Waals surface area contributed by atoms with E-state index in [-0.39, 0.29) is 12.6 Å². The molecule has 0 aromatic rings. The molecule has 0 saturated carbocycles. The predicted octanol–water partition coefficient (Wildman–Crippen LogP) is 0.276. The molecule has 0 aromatic heterocycles. The number of aldehydes is 1. The lowest BCUT2D eigenvalue weighted by atomic mass is 10.0. The molecular weight excluding hydrogens is 142 g/mol. The predicted molar refractivity (Wildman–Crippen MR) is 44.5 cm³/mol. The van der Waals surface area contributed by atoms with Crippen LogP contribution in [0.25, 0.3) is 0 Å². The number of rotatable bonds is 4. The zero-order valence-electron chi connectivity index (χ0n) is 7.66. The molecule has 1 atom stereocenters. The molecule has 0 amide bonds. The van der Waals surface area contributed by atoms with Gasteiger partial charge in [0.25, 0.3) is 0 Å². The summed E-state index contributed by atoms with van der Waals surface area (Å²) < 4.78 is 0. The van der Waals surface area contributed by atoms with Gasteiger partial charge in [-0.05, 0) is 27.8 Å². The normalized spacial score (nSPS) is 15.1. The maximum atomic E-state index is 10.6. The van der Waals surface area contributed by atoms with E-state index in [2.05, 4.69) is 0 Å². The molecule has 0 radical (unpaired) electrons. The van der Waals surface area contributed by atoms with E-state index in [0.29, 0.717) is 0 Å². The highest BCUT2D eigenvalue weighted by Gasteiger charge is 2.25. The molecule has 0 saturated heterocycles. The van der Waals surface area contributed by atoms with Gasteiger partial charge < -0.3 is 9.90 Å². The number of hydrogen-bond acceptors (Lipinski definition) is 3. The second-order valence-corrected chi connectivity index (χ2v) is 3.41. The van der Waals surface area contributed by atoms with Crippen molar-refractivity contribution in [2.45, 2.75) is 32.4 Å². The molecule has 0 heterocycles. The number of carbonyl (C=O) groups excluding carboxylic acids is 1. The van der Waals surface area contributed by atoms with Crippen LogP contribution in [-0.4, -0.2) is 41.5 Å². The van der Waals surface area contributed by atoms with Gasteiger partial charge in [0.1, 0.15) is 6.29 Å². The minimum Gasteiger partial charge on any atom is -0.395 e. The second-order valence-electron chi connectivity index (χ2n) is 3.41. The van der Waals surface area contributed by atoms with Crippen molar-refractivity contribution in [1.29, 1.82) is 0 Å². The van der Waals surface area contributed by atoms with Crippen LogP contribution in [0.5, 0.6) is 0 Å². The third-order valence-corrected chi connectivity index (χ3v) is 2.12. The van der Waals surface area contributed by atoms with Crippen molar-refractivity contribution < 1.29 is 9.90 Å². The fourth-order valence-corrected chi connectivity index (χ4v) is 0.774. The zero-order chi connectivity index (χ0) is 9.07. The Morgan fingerprint density at radius 1 is 1.64 bits per heavy atom. The van der Waals surface area contributed by atoms with Gasteiger partial charge in [0.15, 0.2) is 0 Å². The first-order valence-electron chi connectivity index (χ1n) is 3.76. The number of nitrogens with zero attached hydrogens (tertiary/aromatic N) is 1. The minimum atomic E-state index is -0.484. The fourth-order valence-electron chi connectivity index (χ4n) is 0.774. The van der Waals surface area contributed by atoms with Gasteiger partial charge in [-0.25, -0.2) is 0 Å². The highest BCUT2D eigenvalue weighted by molar-refractivity contribution is 5.62. The van der Waals surface area contributed by atoms with Crippen molar-refractivity contribution in [1.82, 2.24) is 4.90 Å². The Morgan fingerprint density at radius 3 is 2.36 bits per heavy atom. The monoisotopic (exact) mass is 159 g/mol. The Morgan fingerprint density at radius 2 is 2.09 bits per heavy atom. The molecule has 0 rings (SSSR count). The van der Waals surface area contributed by atoms with Crippen LogP contribution in [0.15, 0.2) is 0 Å². The summed E-state index contributed by atoms with van der Waals surface area (Å²) >= 11 is 0. The Bertz CT molecular complexity index is 134. The minimum absolute atomic E-state index is 0.0233. The molecule has 11 heavy (non-hydrogen) atoms. The summed E-state index contributed by atoms with van der Waals surface area (Å²) in [5.41, 5.74) is -0.484. The molecule has 0 aromatic carbocycles. The van der Waals surface area contributed by atoms with Crippen LogP contribution < -0.4 is 0 Å². The van der Waals surface area contributed by atoms with E-state index in [0.717, 1.165) is 6.29 Å². The molecular formula is C8H17NO2. The summed E-state index contributed by atoms with van der Waals surface area (Å²) in [7, 11) is 1.83. The highest BCUT2D eigenvalue weighted by Crippen LogP contribution is 2.11. The number of likely N-dealkylation sites (N-methyl/N-ethyl adjacent to an activating group) is 1. The Hall–Kier alpha value is -0.410. The first-order valence-corrected chi connectivity index (χ1v) is 3.76. The largest absolute Gasteiger partial charge is 0.395 e. The van der Waals surface area contributed by atoms with Crippen LogP contribution in [0.4, 0.5) is 0 Å². The smallest absolute Gasteiger partial charge is 0.139 e. The lowest BCUT2D eigenvalue weighted by molar-refractivity contribution is -0.117. The third-order valence-electron chi connectivity index (χ3n) is 2.12. The van der Waals surface area contributed by atoms with E-state index >= 15 is 0 Å². The van der Waals surface area contributed by atoms with E-state index in [1.165, 1.54) is 0 Å². The lowest BCUT2D eigenvalue weighted by Gasteiger charge is -2.34. The zero-order valence-corrected chi connectivity index (χ0v) is 7.66. The van der Waals surface area contributed by atoms with E-state index in [9.17, 15) is 4.79 Å². The van der Waals surface area contributed by atoms with Gasteiger partial charge in [-0.15, -0.1) is 0 Å². The molecule has 0 aliphatic rings. The van der Waals surface area contributed by atoms with E-state index < -0.39 is 5.54 Å². The summed E-state index contributed by atoms with van der Waals surface area (Å²) in [5.74, 6) is 0. The highest BCUT2D eigenvalue weighted by atomic mass is 16.3. The van der Waals surface area contributed by atoms with Gasteiger partial charge >= 0.3 is 0 Å². The van der Waals surface area contributed by atoms with Gasteiger partial charge in [0, 0.05) is 6.04 Å². The van der Waals surface area contributed by atoms with Crippen molar-refractivity contribution in [3.63, 3.8) is 0 Å². The van der Waals surface area contributed by atoms with Gasteiger partial charge in [-0.2, -0.15) is 0 Å². The van der Waals surface area contributed by atoms with E-state index in [1.54, 1.807) is 0 Å². The standard InChI is InChI=1S/C8H17NO2/c1-7(5-10)9(4)8(2,3)6-11/h6-7,10H,5H2,1-4H3. The molecule has 0 bridgehead atoms. The number of aliphatic hydroxyl groups excluding tert-OH is 1. The average Bonchev–Trinajstić information content (AvgIpc) is 2.01. The maximum absolute atomic E-state index is 10.6. The number of carbonyl (C=O) groups is 1. The second kappa shape index (κ2) is 3.83. The van der Waals surface area contributed by atoms with Crippen molar-refractivity contribution in [3.05, 3.63) is 0 Å². The third kappa shape index (κ3) is 2.60. The molecule has 1 unspecified atom stereocenters. The van der Waals surface area contributed by atoms with Crippen LogP contribution in [0.1, 0.15) is 20.8 Å². The van der Waals surface area contributed by atoms with Gasteiger partial charge in [-0.3, -0.25) is 4.90 Å². The summed E-state index contributed by atoms with van der Waals surface area (Å²) in [6, 6.07) is 0.0233. The average molecular weight is 159 g/mol. The van der Waals surface area contributed by atoms with Crippen LogP contribution in [0, 0.1) is 0 Å². The number of hydrogen-bond donors (Lipinski definition) is 1. The molecule has 1 N–H and O–H groups in total. The summed E-state index contributed by atoms with van der Waals surface area (Å²) in [6.45, 7) is 5.61. The fraction of sp³-hybridized carbons (Fsp3) is 0.875. The van der Waals surface area contributed by atoms with E-state index in [1.807, 2.05) is 32.7 Å². The molecule has 3 nitrogen and oxygen atoms in total. The molecule has 3 heteroatoms. The molecule has 0 aliphatic heterocycles. The summed E-state index contributed by atoms with van der Waals surface area (Å²) in [5, 5.41) is 8.81. The molecule has 0 aliphatic carbocycles. The van der Waals surface area contributed by atoms with Crippen molar-refractivity contribution in [2.75, 3.05) is 13.7 Å². The lowest BCUT2D eigenvalue weighted by Crippen LogP contribution is -2.48. The first-order chi connectivity index (χ1) is 4.95. The van der Waals surface area contributed by atoms with E-state index in [4.69, 9.17) is 5.11 Å². The van der Waals surface area contributed by atoms with Crippen LogP contribution in [-0.2, 0) is 4.79 Å². The van der Waals surface area contributed by atoms with Gasteiger partial charge in [-0.1, -0.05) is 0 Å². The Kier molecular flexibility index (Phi) is 3.69. The maximum Gasteiger partial charge on any atom is 0.139 e. The summed E-state index contributed by atoms with van der Waals surface area (Å²) in [4.78, 5) is 12.4. The topological polar surface area (TPSA) is 40.5 Å². The van der Waals surface area contributed by atoms with Crippen LogP contribution in [0.2, 0.25) is 0 Å². The quantitative estimate of drug-likeness (QED) is 0.599. The molecule has 66 valence electrons. The number of aliphatic hydroxyl groups is 1. The first kappa shape index (κ1) is 10.6. The van der Waals surface area contributed by atoms with Crippen molar-refractivity contribution in [2.24, 2.45) is 0 Å².